The van der Waals surface area contributed by atoms with Crippen molar-refractivity contribution in [3.05, 3.63) is 27.8 Å². The molecule has 0 aromatic heterocycles. The third-order valence-electron chi connectivity index (χ3n) is 3.47. The van der Waals surface area contributed by atoms with Crippen LogP contribution in [0.4, 0.5) is 5.69 Å². The van der Waals surface area contributed by atoms with Crippen molar-refractivity contribution in [2.75, 3.05) is 25.0 Å². The van der Waals surface area contributed by atoms with Crippen LogP contribution in [0.1, 0.15) is 13.3 Å². The summed E-state index contributed by atoms with van der Waals surface area (Å²) in [6.07, 6.45) is 1.24. The molecule has 1 heterocycles. The topological polar surface area (TPSA) is 15.3 Å². The number of benzene rings is 1. The van der Waals surface area contributed by atoms with Gasteiger partial charge in [0.2, 0.25) is 0 Å². The van der Waals surface area contributed by atoms with Gasteiger partial charge >= 0.3 is 0 Å². The second-order valence-corrected chi connectivity index (χ2v) is 5.72. The van der Waals surface area contributed by atoms with E-state index in [2.05, 4.69) is 71.0 Å². The molecule has 88 valence electrons. The molecule has 0 radical (unpaired) electrons. The van der Waals surface area contributed by atoms with Crippen LogP contribution in [0.3, 0.4) is 0 Å². The number of anilines is 1. The monoisotopic (exact) mass is 330 g/mol. The SMILES string of the molecule is CNC1CCN(c2ccccc2I)CC1C. The third kappa shape index (κ3) is 2.51. The number of piperidine rings is 1. The fourth-order valence-corrected chi connectivity index (χ4v) is 3.23. The zero-order valence-corrected chi connectivity index (χ0v) is 12.1. The van der Waals surface area contributed by atoms with Crippen LogP contribution in [0.2, 0.25) is 0 Å². The molecule has 1 N–H and O–H groups in total. The minimum Gasteiger partial charge on any atom is -0.370 e. The smallest absolute Gasteiger partial charge is 0.0501 e. The Kier molecular flexibility index (Phi) is 4.08. The number of hydrogen-bond acceptors (Lipinski definition) is 2. The van der Waals surface area contributed by atoms with E-state index >= 15 is 0 Å². The Morgan fingerprint density at radius 3 is 2.75 bits per heavy atom. The molecule has 2 unspecified atom stereocenters. The van der Waals surface area contributed by atoms with Crippen LogP contribution in [-0.2, 0) is 0 Å². The lowest BCUT2D eigenvalue weighted by atomic mass is 9.93. The van der Waals surface area contributed by atoms with E-state index in [1.807, 2.05) is 0 Å². The van der Waals surface area contributed by atoms with Gasteiger partial charge in [0.1, 0.15) is 0 Å². The van der Waals surface area contributed by atoms with Crippen LogP contribution in [0, 0.1) is 9.49 Å². The predicted molar refractivity (Wildman–Crippen MR) is 78.0 cm³/mol. The van der Waals surface area contributed by atoms with E-state index in [1.165, 1.54) is 15.7 Å². The predicted octanol–water partition coefficient (Wildman–Crippen LogP) is 2.73. The van der Waals surface area contributed by atoms with Gasteiger partial charge in [0.15, 0.2) is 0 Å². The Labute approximate surface area is 112 Å². The molecule has 0 bridgehead atoms. The molecule has 2 rings (SSSR count). The molecule has 3 heteroatoms. The van der Waals surface area contributed by atoms with Gasteiger partial charge in [0.05, 0.1) is 5.69 Å². The highest BCUT2D eigenvalue weighted by Gasteiger charge is 2.25. The zero-order valence-electron chi connectivity index (χ0n) is 9.91. The van der Waals surface area contributed by atoms with Crippen LogP contribution in [0.25, 0.3) is 0 Å². The average Bonchev–Trinajstić information content (AvgIpc) is 2.29. The number of nitrogens with zero attached hydrogens (tertiary/aromatic N) is 1. The van der Waals surface area contributed by atoms with Gasteiger partial charge < -0.3 is 10.2 Å². The van der Waals surface area contributed by atoms with Crippen LogP contribution < -0.4 is 10.2 Å². The second kappa shape index (κ2) is 5.36. The summed E-state index contributed by atoms with van der Waals surface area (Å²) in [7, 11) is 2.07. The maximum absolute atomic E-state index is 3.41. The highest BCUT2D eigenvalue weighted by molar-refractivity contribution is 14.1. The molecule has 1 aliphatic rings. The van der Waals surface area contributed by atoms with Crippen LogP contribution in [-0.4, -0.2) is 26.2 Å². The van der Waals surface area contributed by atoms with Gasteiger partial charge in [-0.15, -0.1) is 0 Å². The minimum atomic E-state index is 0.678. The zero-order chi connectivity index (χ0) is 11.5. The van der Waals surface area contributed by atoms with E-state index < -0.39 is 0 Å². The number of halogens is 1. The lowest BCUT2D eigenvalue weighted by Gasteiger charge is -2.38. The summed E-state index contributed by atoms with van der Waals surface area (Å²) in [4.78, 5) is 2.51. The van der Waals surface area contributed by atoms with E-state index in [9.17, 15) is 0 Å². The van der Waals surface area contributed by atoms with Crippen LogP contribution >= 0.6 is 22.6 Å². The van der Waals surface area contributed by atoms with Gasteiger partial charge in [-0.3, -0.25) is 0 Å². The van der Waals surface area contributed by atoms with E-state index in [-0.39, 0.29) is 0 Å². The van der Waals surface area contributed by atoms with Crippen molar-refractivity contribution >= 4 is 28.3 Å². The van der Waals surface area contributed by atoms with Gasteiger partial charge in [-0.2, -0.15) is 0 Å². The van der Waals surface area contributed by atoms with Crippen molar-refractivity contribution in [2.24, 2.45) is 5.92 Å². The second-order valence-electron chi connectivity index (χ2n) is 4.56. The normalized spacial score (nSPS) is 25.8. The molecule has 1 saturated heterocycles. The van der Waals surface area contributed by atoms with Crippen molar-refractivity contribution in [3.63, 3.8) is 0 Å². The molecule has 2 nitrogen and oxygen atoms in total. The lowest BCUT2D eigenvalue weighted by molar-refractivity contribution is 0.338. The Hall–Kier alpha value is -0.290. The average molecular weight is 330 g/mol. The number of para-hydroxylation sites is 1. The third-order valence-corrected chi connectivity index (χ3v) is 4.38. The Morgan fingerprint density at radius 2 is 2.12 bits per heavy atom. The van der Waals surface area contributed by atoms with E-state index in [1.54, 1.807) is 0 Å². The summed E-state index contributed by atoms with van der Waals surface area (Å²) in [5.74, 6) is 0.717. The van der Waals surface area contributed by atoms with E-state index in [0.717, 1.165) is 19.0 Å². The molecule has 2 atom stereocenters. The van der Waals surface area contributed by atoms with Gasteiger partial charge in [0, 0.05) is 22.7 Å². The first-order chi connectivity index (χ1) is 7.72. The quantitative estimate of drug-likeness (QED) is 0.839. The Morgan fingerprint density at radius 1 is 1.38 bits per heavy atom. The number of rotatable bonds is 2. The molecular weight excluding hydrogens is 311 g/mol. The summed E-state index contributed by atoms with van der Waals surface area (Å²) in [5, 5.41) is 3.41. The van der Waals surface area contributed by atoms with Gasteiger partial charge in [-0.25, -0.2) is 0 Å². The molecule has 1 aliphatic heterocycles. The van der Waals surface area contributed by atoms with Gasteiger partial charge in [0.25, 0.3) is 0 Å². The fraction of sp³-hybridized carbons (Fsp3) is 0.538. The molecule has 1 aromatic carbocycles. The van der Waals surface area contributed by atoms with Crippen LogP contribution in [0.15, 0.2) is 24.3 Å². The molecule has 1 fully saturated rings. The first-order valence-electron chi connectivity index (χ1n) is 5.89. The van der Waals surface area contributed by atoms with Crippen molar-refractivity contribution in [2.45, 2.75) is 19.4 Å². The molecule has 16 heavy (non-hydrogen) atoms. The first-order valence-corrected chi connectivity index (χ1v) is 6.97. The summed E-state index contributed by atoms with van der Waals surface area (Å²) < 4.78 is 1.36. The minimum absolute atomic E-state index is 0.678. The summed E-state index contributed by atoms with van der Waals surface area (Å²) in [6.45, 7) is 4.66. The van der Waals surface area contributed by atoms with E-state index in [0.29, 0.717) is 6.04 Å². The van der Waals surface area contributed by atoms with Gasteiger partial charge in [-0.05, 0) is 54.1 Å². The maximum Gasteiger partial charge on any atom is 0.0501 e. The van der Waals surface area contributed by atoms with E-state index in [4.69, 9.17) is 0 Å². The molecule has 0 aliphatic carbocycles. The number of nitrogens with one attached hydrogen (secondary N) is 1. The standard InChI is InChI=1S/C13H19IN2/c1-10-9-16(8-7-12(10)15-2)13-6-4-3-5-11(13)14/h3-6,10,12,15H,7-9H2,1-2H3. The van der Waals surface area contributed by atoms with Crippen molar-refractivity contribution in [3.8, 4) is 0 Å². The number of hydrogen-bond donors (Lipinski definition) is 1. The summed E-state index contributed by atoms with van der Waals surface area (Å²) >= 11 is 2.43. The first kappa shape index (κ1) is 12.2. The maximum atomic E-state index is 3.41. The molecular formula is C13H19IN2. The van der Waals surface area contributed by atoms with Crippen molar-refractivity contribution < 1.29 is 0 Å². The Balaban J connectivity index is 2.11. The van der Waals surface area contributed by atoms with Crippen molar-refractivity contribution in [1.29, 1.82) is 0 Å². The lowest BCUT2D eigenvalue weighted by Crippen LogP contribution is -2.47. The molecule has 1 aromatic rings. The fourth-order valence-electron chi connectivity index (χ4n) is 2.50. The molecule has 0 saturated carbocycles. The molecule has 0 amide bonds. The van der Waals surface area contributed by atoms with Crippen LogP contribution in [0.5, 0.6) is 0 Å². The van der Waals surface area contributed by atoms with Gasteiger partial charge in [-0.1, -0.05) is 19.1 Å². The summed E-state index contributed by atoms with van der Waals surface area (Å²) in [6, 6.07) is 9.33. The highest BCUT2D eigenvalue weighted by atomic mass is 127. The highest BCUT2D eigenvalue weighted by Crippen LogP contribution is 2.27. The Bertz CT molecular complexity index is 354. The summed E-state index contributed by atoms with van der Waals surface area (Å²) in [5.41, 5.74) is 1.39. The van der Waals surface area contributed by atoms with Crippen molar-refractivity contribution in [1.82, 2.24) is 5.32 Å². The largest absolute Gasteiger partial charge is 0.370 e. The molecule has 0 spiro atoms.